The third kappa shape index (κ3) is 3.79. The van der Waals surface area contributed by atoms with Crippen LogP contribution < -0.4 is 5.32 Å². The number of rotatable bonds is 5. The molecule has 0 aliphatic carbocycles. The maximum atomic E-state index is 12.4. The lowest BCUT2D eigenvalue weighted by Crippen LogP contribution is -2.28. The van der Waals surface area contributed by atoms with Crippen LogP contribution in [0.4, 0.5) is 5.13 Å². The Morgan fingerprint density at radius 3 is 2.75 bits per heavy atom. The first-order chi connectivity index (χ1) is 11.5. The average Bonchev–Trinajstić information content (AvgIpc) is 3.16. The van der Waals surface area contributed by atoms with Crippen LogP contribution in [0.5, 0.6) is 0 Å². The summed E-state index contributed by atoms with van der Waals surface area (Å²) in [6, 6.07) is 9.80. The zero-order valence-electron chi connectivity index (χ0n) is 13.7. The summed E-state index contributed by atoms with van der Waals surface area (Å²) in [5.41, 5.74) is 1.07. The molecule has 1 atom stereocenters. The first-order valence-corrected chi connectivity index (χ1v) is 8.80. The Balaban J connectivity index is 1.59. The molecule has 1 aliphatic heterocycles. The summed E-state index contributed by atoms with van der Waals surface area (Å²) in [5.74, 6) is -0.209. The van der Waals surface area contributed by atoms with Crippen LogP contribution in [-0.2, 0) is 16.1 Å². The number of carbonyl (C=O) groups is 2. The van der Waals surface area contributed by atoms with Crippen LogP contribution in [0.1, 0.15) is 36.8 Å². The summed E-state index contributed by atoms with van der Waals surface area (Å²) in [7, 11) is 0. The fraction of sp³-hybridized carbons (Fsp3) is 0.412. The maximum absolute atomic E-state index is 12.4. The monoisotopic (exact) mass is 344 g/mol. The van der Waals surface area contributed by atoms with Crippen molar-refractivity contribution in [3.63, 3.8) is 0 Å². The molecule has 1 saturated heterocycles. The van der Waals surface area contributed by atoms with Gasteiger partial charge in [-0.1, -0.05) is 55.5 Å². The van der Waals surface area contributed by atoms with Crippen LogP contribution in [0.2, 0.25) is 0 Å². The molecule has 7 heteroatoms. The number of benzene rings is 1. The summed E-state index contributed by atoms with van der Waals surface area (Å²) in [6.07, 6.45) is 0.245. The number of aromatic nitrogens is 2. The Morgan fingerprint density at radius 1 is 1.33 bits per heavy atom. The van der Waals surface area contributed by atoms with Crippen molar-refractivity contribution in [3.8, 4) is 0 Å². The summed E-state index contributed by atoms with van der Waals surface area (Å²) < 4.78 is 0. The van der Waals surface area contributed by atoms with Gasteiger partial charge in [0.2, 0.25) is 16.9 Å². The molecule has 0 radical (unpaired) electrons. The predicted molar refractivity (Wildman–Crippen MR) is 92.6 cm³/mol. The van der Waals surface area contributed by atoms with E-state index in [1.807, 2.05) is 44.2 Å². The highest BCUT2D eigenvalue weighted by Crippen LogP contribution is 2.25. The molecule has 1 N–H and O–H groups in total. The van der Waals surface area contributed by atoms with Gasteiger partial charge >= 0.3 is 0 Å². The molecule has 3 rings (SSSR count). The van der Waals surface area contributed by atoms with Crippen molar-refractivity contribution in [2.45, 2.75) is 32.7 Å². The van der Waals surface area contributed by atoms with E-state index < -0.39 is 0 Å². The number of amides is 2. The molecule has 2 amide bonds. The minimum Gasteiger partial charge on any atom is -0.338 e. The third-order valence-corrected chi connectivity index (χ3v) is 5.11. The average molecular weight is 344 g/mol. The summed E-state index contributed by atoms with van der Waals surface area (Å²) in [6.45, 7) is 5.04. The molecular weight excluding hydrogens is 324 g/mol. The lowest BCUT2D eigenvalue weighted by Gasteiger charge is -2.16. The fourth-order valence-electron chi connectivity index (χ4n) is 2.63. The summed E-state index contributed by atoms with van der Waals surface area (Å²) >= 11 is 1.38. The molecule has 24 heavy (non-hydrogen) atoms. The van der Waals surface area contributed by atoms with E-state index in [9.17, 15) is 9.59 Å². The Labute approximate surface area is 144 Å². The third-order valence-electron chi connectivity index (χ3n) is 3.97. The highest BCUT2D eigenvalue weighted by Gasteiger charge is 2.34. The number of hydrogen-bond donors (Lipinski definition) is 1. The van der Waals surface area contributed by atoms with Crippen molar-refractivity contribution < 1.29 is 9.59 Å². The van der Waals surface area contributed by atoms with Crippen LogP contribution in [0.25, 0.3) is 0 Å². The number of nitrogens with one attached hydrogen (secondary N) is 1. The highest BCUT2D eigenvalue weighted by molar-refractivity contribution is 7.15. The predicted octanol–water partition coefficient (Wildman–Crippen LogP) is 2.65. The van der Waals surface area contributed by atoms with E-state index in [-0.39, 0.29) is 30.1 Å². The summed E-state index contributed by atoms with van der Waals surface area (Å²) in [5, 5.41) is 12.2. The van der Waals surface area contributed by atoms with Gasteiger partial charge in [0.05, 0.1) is 5.92 Å². The zero-order chi connectivity index (χ0) is 17.1. The SMILES string of the molecule is CC(C)c1nnc(NC(=O)[C@@H]2CC(=O)N(Cc3ccccc3)C2)s1. The molecule has 0 spiro atoms. The second-order valence-electron chi connectivity index (χ2n) is 6.25. The number of hydrogen-bond acceptors (Lipinski definition) is 5. The smallest absolute Gasteiger partial charge is 0.231 e. The van der Waals surface area contributed by atoms with E-state index >= 15 is 0 Å². The van der Waals surface area contributed by atoms with Gasteiger partial charge in [0.15, 0.2) is 0 Å². The van der Waals surface area contributed by atoms with Crippen LogP contribution in [0, 0.1) is 5.92 Å². The largest absolute Gasteiger partial charge is 0.338 e. The zero-order valence-corrected chi connectivity index (χ0v) is 14.5. The van der Waals surface area contributed by atoms with Gasteiger partial charge in [-0.3, -0.25) is 9.59 Å². The number of anilines is 1. The molecule has 2 aromatic rings. The van der Waals surface area contributed by atoms with Crippen LogP contribution in [0.15, 0.2) is 30.3 Å². The summed E-state index contributed by atoms with van der Waals surface area (Å²) in [4.78, 5) is 26.3. The molecule has 1 fully saturated rings. The number of nitrogens with zero attached hydrogens (tertiary/aromatic N) is 3. The number of likely N-dealkylation sites (tertiary alicyclic amines) is 1. The minimum absolute atomic E-state index is 0.0131. The van der Waals surface area contributed by atoms with Gasteiger partial charge in [-0.05, 0) is 5.56 Å². The van der Waals surface area contributed by atoms with E-state index in [0.717, 1.165) is 10.6 Å². The standard InChI is InChI=1S/C17H20N4O2S/c1-11(2)16-19-20-17(24-16)18-15(23)13-8-14(22)21(10-13)9-12-6-4-3-5-7-12/h3-7,11,13H,8-10H2,1-2H3,(H,18,20,23)/t13-/m1/s1. The van der Waals surface area contributed by atoms with Gasteiger partial charge in [-0.25, -0.2) is 0 Å². The van der Waals surface area contributed by atoms with Crippen LogP contribution in [-0.4, -0.2) is 33.5 Å². The lowest BCUT2D eigenvalue weighted by atomic mass is 10.1. The van der Waals surface area contributed by atoms with Crippen molar-refractivity contribution in [3.05, 3.63) is 40.9 Å². The Morgan fingerprint density at radius 2 is 2.08 bits per heavy atom. The molecule has 0 bridgehead atoms. The minimum atomic E-state index is -0.340. The molecule has 126 valence electrons. The highest BCUT2D eigenvalue weighted by atomic mass is 32.1. The Hall–Kier alpha value is -2.28. The fourth-order valence-corrected chi connectivity index (χ4v) is 3.38. The molecule has 6 nitrogen and oxygen atoms in total. The van der Waals surface area contributed by atoms with Gasteiger partial charge in [0.1, 0.15) is 5.01 Å². The maximum Gasteiger partial charge on any atom is 0.231 e. The van der Waals surface area contributed by atoms with Crippen molar-refractivity contribution >= 4 is 28.3 Å². The van der Waals surface area contributed by atoms with Gasteiger partial charge in [0, 0.05) is 25.4 Å². The van der Waals surface area contributed by atoms with E-state index in [4.69, 9.17) is 0 Å². The second kappa shape index (κ2) is 7.09. The van der Waals surface area contributed by atoms with Crippen LogP contribution in [0.3, 0.4) is 0 Å². The molecule has 1 aromatic carbocycles. The Bertz CT molecular complexity index is 729. The molecule has 0 saturated carbocycles. The molecular formula is C17H20N4O2S. The topological polar surface area (TPSA) is 75.2 Å². The second-order valence-corrected chi connectivity index (χ2v) is 7.26. The van der Waals surface area contributed by atoms with Gasteiger partial charge in [-0.15, -0.1) is 10.2 Å². The normalized spacial score (nSPS) is 17.5. The quantitative estimate of drug-likeness (QED) is 0.905. The first kappa shape index (κ1) is 16.6. The van der Waals surface area contributed by atoms with Crippen molar-refractivity contribution in [2.24, 2.45) is 5.92 Å². The molecule has 1 aromatic heterocycles. The van der Waals surface area contributed by atoms with E-state index in [2.05, 4.69) is 15.5 Å². The van der Waals surface area contributed by atoms with Crippen molar-refractivity contribution in [2.75, 3.05) is 11.9 Å². The number of carbonyl (C=O) groups excluding carboxylic acids is 2. The van der Waals surface area contributed by atoms with E-state index in [1.54, 1.807) is 4.90 Å². The van der Waals surface area contributed by atoms with Gasteiger partial charge in [-0.2, -0.15) is 0 Å². The van der Waals surface area contributed by atoms with Crippen LogP contribution >= 0.6 is 11.3 Å². The van der Waals surface area contributed by atoms with Crippen molar-refractivity contribution in [1.82, 2.24) is 15.1 Å². The van der Waals surface area contributed by atoms with E-state index in [0.29, 0.717) is 18.2 Å². The van der Waals surface area contributed by atoms with Gasteiger partial charge < -0.3 is 10.2 Å². The molecule has 0 unspecified atom stereocenters. The molecule has 1 aliphatic rings. The Kier molecular flexibility index (Phi) is 4.89. The lowest BCUT2D eigenvalue weighted by molar-refractivity contribution is -0.128. The van der Waals surface area contributed by atoms with Crippen molar-refractivity contribution in [1.29, 1.82) is 0 Å². The first-order valence-electron chi connectivity index (χ1n) is 7.99. The van der Waals surface area contributed by atoms with Gasteiger partial charge in [0.25, 0.3) is 0 Å². The van der Waals surface area contributed by atoms with E-state index in [1.165, 1.54) is 11.3 Å². The molecule has 2 heterocycles.